The van der Waals surface area contributed by atoms with Gasteiger partial charge >= 0.3 is 0 Å². The predicted octanol–water partition coefficient (Wildman–Crippen LogP) is 1.28. The molecule has 0 unspecified atom stereocenters. The number of carbonyl (C=O) groups excluding carboxylic acids is 2. The molecule has 2 aromatic heterocycles. The molecule has 26 heavy (non-hydrogen) atoms. The minimum absolute atomic E-state index is 0.0381. The van der Waals surface area contributed by atoms with Gasteiger partial charge in [0.2, 0.25) is 5.88 Å². The number of aromatic nitrogens is 4. The van der Waals surface area contributed by atoms with Crippen molar-refractivity contribution in [2.24, 2.45) is 7.05 Å². The standard InChI is InChI=1S/C17H24N6O3/c1-3-23-11-13(10-18-23)19-17(25)14-9-16(21(2)20-14)26-12-15(24)22-7-5-4-6-8-22/h9-11H,3-8,12H2,1-2H3,(H,19,25). The van der Waals surface area contributed by atoms with E-state index in [9.17, 15) is 9.59 Å². The molecular formula is C17H24N6O3. The van der Waals surface area contributed by atoms with E-state index in [-0.39, 0.29) is 24.1 Å². The number of aryl methyl sites for hydroxylation is 2. The highest BCUT2D eigenvalue weighted by atomic mass is 16.5. The Morgan fingerprint density at radius 3 is 2.73 bits per heavy atom. The second-order valence-corrected chi connectivity index (χ2v) is 6.26. The zero-order valence-corrected chi connectivity index (χ0v) is 15.1. The highest BCUT2D eigenvalue weighted by Crippen LogP contribution is 2.15. The minimum atomic E-state index is -0.353. The third kappa shape index (κ3) is 4.22. The van der Waals surface area contributed by atoms with Crippen molar-refractivity contribution in [3.8, 4) is 5.88 Å². The number of nitrogens with zero attached hydrogens (tertiary/aromatic N) is 5. The molecule has 0 bridgehead atoms. The maximum atomic E-state index is 12.3. The Hall–Kier alpha value is -2.84. The van der Waals surface area contributed by atoms with Gasteiger partial charge in [-0.15, -0.1) is 0 Å². The Morgan fingerprint density at radius 1 is 1.27 bits per heavy atom. The molecule has 0 saturated carbocycles. The topological polar surface area (TPSA) is 94.3 Å². The summed E-state index contributed by atoms with van der Waals surface area (Å²) < 4.78 is 8.74. The molecule has 3 heterocycles. The van der Waals surface area contributed by atoms with Gasteiger partial charge < -0.3 is 15.0 Å². The van der Waals surface area contributed by atoms with Crippen molar-refractivity contribution in [2.75, 3.05) is 25.0 Å². The lowest BCUT2D eigenvalue weighted by Crippen LogP contribution is -2.38. The van der Waals surface area contributed by atoms with E-state index in [1.807, 2.05) is 11.8 Å². The molecule has 1 N–H and O–H groups in total. The fourth-order valence-electron chi connectivity index (χ4n) is 2.86. The van der Waals surface area contributed by atoms with E-state index < -0.39 is 0 Å². The van der Waals surface area contributed by atoms with Gasteiger partial charge in [-0.1, -0.05) is 0 Å². The lowest BCUT2D eigenvalue weighted by atomic mass is 10.1. The summed E-state index contributed by atoms with van der Waals surface area (Å²) in [4.78, 5) is 26.3. The van der Waals surface area contributed by atoms with Gasteiger partial charge in [0.15, 0.2) is 12.3 Å². The van der Waals surface area contributed by atoms with Crippen molar-refractivity contribution in [3.05, 3.63) is 24.2 Å². The van der Waals surface area contributed by atoms with E-state index in [4.69, 9.17) is 4.74 Å². The van der Waals surface area contributed by atoms with Crippen LogP contribution < -0.4 is 10.1 Å². The van der Waals surface area contributed by atoms with E-state index >= 15 is 0 Å². The average molecular weight is 360 g/mol. The quantitative estimate of drug-likeness (QED) is 0.837. The van der Waals surface area contributed by atoms with Gasteiger partial charge in [-0.05, 0) is 26.2 Å². The normalized spacial score (nSPS) is 14.3. The molecule has 1 saturated heterocycles. The Morgan fingerprint density at radius 2 is 2.04 bits per heavy atom. The predicted molar refractivity (Wildman–Crippen MR) is 95.0 cm³/mol. The van der Waals surface area contributed by atoms with Crippen LogP contribution in [0.25, 0.3) is 0 Å². The van der Waals surface area contributed by atoms with E-state index in [0.717, 1.165) is 32.5 Å². The molecule has 9 heteroatoms. The zero-order chi connectivity index (χ0) is 18.5. The molecule has 1 aliphatic rings. The SMILES string of the molecule is CCn1cc(NC(=O)c2cc(OCC(=O)N3CCCCC3)n(C)n2)cn1. The van der Waals surface area contributed by atoms with Crippen molar-refractivity contribution >= 4 is 17.5 Å². The summed E-state index contributed by atoms with van der Waals surface area (Å²) in [6.45, 7) is 4.21. The monoisotopic (exact) mass is 360 g/mol. The number of anilines is 1. The largest absolute Gasteiger partial charge is 0.468 e. The van der Waals surface area contributed by atoms with Crippen LogP contribution in [0.3, 0.4) is 0 Å². The van der Waals surface area contributed by atoms with Gasteiger partial charge in [0, 0.05) is 38.9 Å². The molecule has 1 aliphatic heterocycles. The Bertz CT molecular complexity index is 775. The Labute approximate surface area is 151 Å². The second-order valence-electron chi connectivity index (χ2n) is 6.26. The van der Waals surface area contributed by atoms with Gasteiger partial charge in [-0.3, -0.25) is 14.3 Å². The fraction of sp³-hybridized carbons (Fsp3) is 0.529. The molecule has 2 aromatic rings. The summed E-state index contributed by atoms with van der Waals surface area (Å²) in [5.74, 6) is -0.0119. The van der Waals surface area contributed by atoms with E-state index in [1.54, 1.807) is 24.1 Å². The lowest BCUT2D eigenvalue weighted by Gasteiger charge is -2.26. The molecule has 0 aromatic carbocycles. The number of hydrogen-bond acceptors (Lipinski definition) is 5. The van der Waals surface area contributed by atoms with Crippen LogP contribution in [0.4, 0.5) is 5.69 Å². The second kappa shape index (κ2) is 8.03. The van der Waals surface area contributed by atoms with Gasteiger partial charge in [0.25, 0.3) is 11.8 Å². The van der Waals surface area contributed by atoms with Crippen molar-refractivity contribution < 1.29 is 14.3 Å². The van der Waals surface area contributed by atoms with Crippen LogP contribution in [0.1, 0.15) is 36.7 Å². The zero-order valence-electron chi connectivity index (χ0n) is 15.1. The first-order chi connectivity index (χ1) is 12.6. The number of amides is 2. The first-order valence-electron chi connectivity index (χ1n) is 8.85. The minimum Gasteiger partial charge on any atom is -0.468 e. The molecule has 0 aliphatic carbocycles. The number of nitrogens with one attached hydrogen (secondary N) is 1. The number of ether oxygens (including phenoxy) is 1. The molecule has 2 amide bonds. The molecule has 0 atom stereocenters. The van der Waals surface area contributed by atoms with E-state index in [2.05, 4.69) is 15.5 Å². The molecule has 0 radical (unpaired) electrons. The van der Waals surface area contributed by atoms with Crippen LogP contribution in [0.15, 0.2) is 18.5 Å². The average Bonchev–Trinajstić information content (AvgIpc) is 3.26. The van der Waals surface area contributed by atoms with Crippen molar-refractivity contribution in [2.45, 2.75) is 32.7 Å². The van der Waals surface area contributed by atoms with E-state index in [0.29, 0.717) is 11.6 Å². The Balaban J connectivity index is 1.57. The first kappa shape index (κ1) is 18.0. The van der Waals surface area contributed by atoms with E-state index in [1.165, 1.54) is 17.2 Å². The van der Waals surface area contributed by atoms with Crippen LogP contribution in [0, 0.1) is 0 Å². The summed E-state index contributed by atoms with van der Waals surface area (Å²) in [7, 11) is 1.67. The molecular weight excluding hydrogens is 336 g/mol. The highest BCUT2D eigenvalue weighted by Gasteiger charge is 2.19. The summed E-state index contributed by atoms with van der Waals surface area (Å²) in [5, 5.41) is 11.0. The lowest BCUT2D eigenvalue weighted by molar-refractivity contribution is -0.134. The summed E-state index contributed by atoms with van der Waals surface area (Å²) >= 11 is 0. The van der Waals surface area contributed by atoms with Gasteiger partial charge in [0.1, 0.15) is 0 Å². The maximum Gasteiger partial charge on any atom is 0.276 e. The highest BCUT2D eigenvalue weighted by molar-refractivity contribution is 6.02. The molecule has 1 fully saturated rings. The van der Waals surface area contributed by atoms with Crippen LogP contribution in [0.2, 0.25) is 0 Å². The van der Waals surface area contributed by atoms with Gasteiger partial charge in [0.05, 0.1) is 11.9 Å². The van der Waals surface area contributed by atoms with Crippen LogP contribution in [0.5, 0.6) is 5.88 Å². The first-order valence-corrected chi connectivity index (χ1v) is 8.85. The summed E-state index contributed by atoms with van der Waals surface area (Å²) in [5.41, 5.74) is 0.822. The van der Waals surface area contributed by atoms with Gasteiger partial charge in [-0.25, -0.2) is 4.68 Å². The molecule has 0 spiro atoms. The van der Waals surface area contributed by atoms with Gasteiger partial charge in [-0.2, -0.15) is 10.2 Å². The summed E-state index contributed by atoms with van der Waals surface area (Å²) in [6.07, 6.45) is 6.57. The van der Waals surface area contributed by atoms with Crippen molar-refractivity contribution in [1.29, 1.82) is 0 Å². The molecule has 9 nitrogen and oxygen atoms in total. The third-order valence-corrected chi connectivity index (χ3v) is 4.34. The van der Waals surface area contributed by atoms with Crippen molar-refractivity contribution in [1.82, 2.24) is 24.5 Å². The van der Waals surface area contributed by atoms with Crippen LogP contribution in [-0.2, 0) is 18.4 Å². The maximum absolute atomic E-state index is 12.3. The number of likely N-dealkylation sites (tertiary alicyclic amines) is 1. The van der Waals surface area contributed by atoms with Crippen molar-refractivity contribution in [3.63, 3.8) is 0 Å². The number of rotatable bonds is 6. The van der Waals surface area contributed by atoms with Crippen LogP contribution in [-0.4, -0.2) is 56.0 Å². The van der Waals surface area contributed by atoms with Crippen LogP contribution >= 0.6 is 0 Å². The Kier molecular flexibility index (Phi) is 5.55. The smallest absolute Gasteiger partial charge is 0.276 e. The number of hydrogen-bond donors (Lipinski definition) is 1. The number of carbonyl (C=O) groups is 2. The summed E-state index contributed by atoms with van der Waals surface area (Å²) in [6, 6.07) is 1.53. The fourth-order valence-corrected chi connectivity index (χ4v) is 2.86. The third-order valence-electron chi connectivity index (χ3n) is 4.34. The molecule has 140 valence electrons. The number of piperidine rings is 1. The molecule has 3 rings (SSSR count).